The van der Waals surface area contributed by atoms with E-state index in [-0.39, 0.29) is 0 Å². The Kier molecular flexibility index (Phi) is 3.15. The van der Waals surface area contributed by atoms with Crippen LogP contribution in [0.25, 0.3) is 10.9 Å². The first-order chi connectivity index (χ1) is 8.15. The minimum absolute atomic E-state index is 0.394. The maximum absolute atomic E-state index is 12.0. The number of halogens is 1. The van der Waals surface area contributed by atoms with Gasteiger partial charge in [-0.1, -0.05) is 18.2 Å². The van der Waals surface area contributed by atoms with Gasteiger partial charge >= 0.3 is 5.97 Å². The number of alkyl halides is 1. The number of rotatable bonds is 3. The molecule has 1 heterocycles. The largest absolute Gasteiger partial charge is 0.468 e. The minimum Gasteiger partial charge on any atom is -0.468 e. The molecule has 0 saturated carbocycles. The third kappa shape index (κ3) is 2.03. The van der Waals surface area contributed by atoms with Crippen molar-refractivity contribution in [2.75, 3.05) is 7.11 Å². The van der Waals surface area contributed by atoms with E-state index in [1.165, 1.54) is 7.11 Å². The van der Waals surface area contributed by atoms with Gasteiger partial charge in [0.25, 0.3) is 0 Å². The van der Waals surface area contributed by atoms with Gasteiger partial charge in [0, 0.05) is 22.7 Å². The van der Waals surface area contributed by atoms with Gasteiger partial charge in [-0.2, -0.15) is 0 Å². The van der Waals surface area contributed by atoms with Gasteiger partial charge in [0.15, 0.2) is 11.2 Å². The summed E-state index contributed by atoms with van der Waals surface area (Å²) in [4.78, 5) is 26.1. The second kappa shape index (κ2) is 4.59. The lowest BCUT2D eigenvalue weighted by molar-refractivity contribution is -0.139. The van der Waals surface area contributed by atoms with Crippen LogP contribution in [-0.4, -0.2) is 29.2 Å². The molecule has 1 unspecified atom stereocenters. The van der Waals surface area contributed by atoms with E-state index < -0.39 is 17.1 Å². The standard InChI is InChI=1S/C12H10ClNO3/c1-17-12(16)10(13)11(15)8-6-14-9-5-3-2-4-7(8)9/h2-6,10,14H,1H3. The quantitative estimate of drug-likeness (QED) is 0.393. The number of H-pyrrole nitrogens is 1. The Balaban J connectivity index is 2.40. The number of fused-ring (bicyclic) bond motifs is 1. The number of esters is 1. The lowest BCUT2D eigenvalue weighted by atomic mass is 10.1. The summed E-state index contributed by atoms with van der Waals surface area (Å²) in [5, 5.41) is -0.564. The predicted octanol–water partition coefficient (Wildman–Crippen LogP) is 2.13. The lowest BCUT2D eigenvalue weighted by Gasteiger charge is -2.04. The topological polar surface area (TPSA) is 59.2 Å². The van der Waals surface area contributed by atoms with Crippen LogP contribution in [0.15, 0.2) is 30.5 Å². The molecule has 17 heavy (non-hydrogen) atoms. The molecule has 2 aromatic rings. The fourth-order valence-corrected chi connectivity index (χ4v) is 1.83. The first kappa shape index (κ1) is 11.7. The number of carbonyl (C=O) groups is 2. The molecule has 0 aliphatic carbocycles. The Morgan fingerprint density at radius 2 is 2.06 bits per heavy atom. The minimum atomic E-state index is -1.31. The van der Waals surface area contributed by atoms with Crippen LogP contribution in [-0.2, 0) is 9.53 Å². The molecule has 0 fully saturated rings. The van der Waals surface area contributed by atoms with Crippen molar-refractivity contribution < 1.29 is 14.3 Å². The average Bonchev–Trinajstić information content (AvgIpc) is 2.79. The summed E-state index contributed by atoms with van der Waals surface area (Å²) in [6, 6.07) is 7.30. The molecular weight excluding hydrogens is 242 g/mol. The van der Waals surface area contributed by atoms with E-state index in [4.69, 9.17) is 11.6 Å². The maximum Gasteiger partial charge on any atom is 0.331 e. The van der Waals surface area contributed by atoms with Crippen molar-refractivity contribution in [2.24, 2.45) is 0 Å². The van der Waals surface area contributed by atoms with Crippen molar-refractivity contribution in [3.05, 3.63) is 36.0 Å². The van der Waals surface area contributed by atoms with E-state index in [1.807, 2.05) is 18.2 Å². The van der Waals surface area contributed by atoms with Crippen LogP contribution in [0.3, 0.4) is 0 Å². The molecule has 0 aliphatic heterocycles. The van der Waals surface area contributed by atoms with E-state index in [2.05, 4.69) is 9.72 Å². The van der Waals surface area contributed by atoms with Crippen LogP contribution >= 0.6 is 11.6 Å². The molecule has 4 nitrogen and oxygen atoms in total. The number of hydrogen-bond donors (Lipinski definition) is 1. The summed E-state index contributed by atoms with van der Waals surface area (Å²) in [5.41, 5.74) is 1.22. The first-order valence-corrected chi connectivity index (χ1v) is 5.41. The van der Waals surface area contributed by atoms with Crippen molar-refractivity contribution in [1.82, 2.24) is 4.98 Å². The Bertz CT molecular complexity index is 576. The van der Waals surface area contributed by atoms with Crippen LogP contribution in [0.4, 0.5) is 0 Å². The van der Waals surface area contributed by atoms with Gasteiger partial charge in [-0.05, 0) is 6.07 Å². The summed E-state index contributed by atoms with van der Waals surface area (Å²) < 4.78 is 4.44. The number of benzene rings is 1. The van der Waals surface area contributed by atoms with Crippen molar-refractivity contribution in [1.29, 1.82) is 0 Å². The smallest absolute Gasteiger partial charge is 0.331 e. The second-order valence-corrected chi connectivity index (χ2v) is 3.93. The molecule has 1 aromatic carbocycles. The molecule has 88 valence electrons. The number of aromatic nitrogens is 1. The zero-order valence-electron chi connectivity index (χ0n) is 9.07. The molecular formula is C12H10ClNO3. The molecule has 1 aromatic heterocycles. The molecule has 5 heteroatoms. The molecule has 0 bridgehead atoms. The van der Waals surface area contributed by atoms with Gasteiger partial charge in [-0.3, -0.25) is 4.79 Å². The SMILES string of the molecule is COC(=O)C(Cl)C(=O)c1c[nH]c2ccccc12. The third-order valence-electron chi connectivity index (χ3n) is 2.49. The Hall–Kier alpha value is -1.81. The van der Waals surface area contributed by atoms with Crippen LogP contribution < -0.4 is 0 Å². The van der Waals surface area contributed by atoms with Crippen molar-refractivity contribution in [3.63, 3.8) is 0 Å². The second-order valence-electron chi connectivity index (χ2n) is 3.50. The van der Waals surface area contributed by atoms with Gasteiger partial charge in [-0.25, -0.2) is 4.79 Å². The highest BCUT2D eigenvalue weighted by Crippen LogP contribution is 2.20. The number of Topliss-reactive ketones (excluding diaryl/α,β-unsaturated/α-hetero) is 1. The highest BCUT2D eigenvalue weighted by molar-refractivity contribution is 6.44. The lowest BCUT2D eigenvalue weighted by Crippen LogP contribution is -2.25. The third-order valence-corrected chi connectivity index (χ3v) is 2.87. The normalized spacial score (nSPS) is 12.4. The van der Waals surface area contributed by atoms with Crippen LogP contribution in [0, 0.1) is 0 Å². The molecule has 0 saturated heterocycles. The molecule has 1 atom stereocenters. The Morgan fingerprint density at radius 3 is 2.76 bits per heavy atom. The van der Waals surface area contributed by atoms with Crippen molar-refractivity contribution in [2.45, 2.75) is 5.38 Å². The van der Waals surface area contributed by atoms with Gasteiger partial charge in [0.2, 0.25) is 0 Å². The first-order valence-electron chi connectivity index (χ1n) is 4.97. The molecule has 1 N–H and O–H groups in total. The average molecular weight is 252 g/mol. The maximum atomic E-state index is 12.0. The van der Waals surface area contributed by atoms with Crippen molar-refractivity contribution >= 4 is 34.3 Å². The molecule has 0 amide bonds. The molecule has 0 spiro atoms. The van der Waals surface area contributed by atoms with Crippen LogP contribution in [0.2, 0.25) is 0 Å². The number of ether oxygens (including phenoxy) is 1. The highest BCUT2D eigenvalue weighted by Gasteiger charge is 2.27. The van der Waals surface area contributed by atoms with Crippen LogP contribution in [0.5, 0.6) is 0 Å². The van der Waals surface area contributed by atoms with E-state index in [1.54, 1.807) is 12.3 Å². The van der Waals surface area contributed by atoms with Gasteiger partial charge in [-0.15, -0.1) is 11.6 Å². The Labute approximate surface area is 103 Å². The number of aromatic amines is 1. The molecule has 0 aliphatic rings. The zero-order chi connectivity index (χ0) is 12.4. The predicted molar refractivity (Wildman–Crippen MR) is 64.3 cm³/mol. The van der Waals surface area contributed by atoms with E-state index in [0.29, 0.717) is 5.56 Å². The van der Waals surface area contributed by atoms with Gasteiger partial charge in [0.05, 0.1) is 7.11 Å². The summed E-state index contributed by atoms with van der Waals surface area (Å²) in [5.74, 6) is -1.21. The number of hydrogen-bond acceptors (Lipinski definition) is 3. The zero-order valence-corrected chi connectivity index (χ0v) is 9.82. The fraction of sp³-hybridized carbons (Fsp3) is 0.167. The molecule has 0 radical (unpaired) electrons. The van der Waals surface area contributed by atoms with E-state index in [9.17, 15) is 9.59 Å². The summed E-state index contributed by atoms with van der Waals surface area (Å²) in [7, 11) is 1.19. The fourth-order valence-electron chi connectivity index (χ4n) is 1.62. The number of ketones is 1. The summed E-state index contributed by atoms with van der Waals surface area (Å²) >= 11 is 5.74. The number of para-hydroxylation sites is 1. The molecule has 2 rings (SSSR count). The Morgan fingerprint density at radius 1 is 1.35 bits per heavy atom. The highest BCUT2D eigenvalue weighted by atomic mass is 35.5. The number of methoxy groups -OCH3 is 1. The monoisotopic (exact) mass is 251 g/mol. The summed E-state index contributed by atoms with van der Waals surface area (Å²) in [6.07, 6.45) is 1.55. The van der Waals surface area contributed by atoms with Gasteiger partial charge < -0.3 is 9.72 Å². The number of carbonyl (C=O) groups excluding carboxylic acids is 2. The van der Waals surface area contributed by atoms with E-state index in [0.717, 1.165) is 10.9 Å². The van der Waals surface area contributed by atoms with E-state index >= 15 is 0 Å². The number of nitrogens with one attached hydrogen (secondary N) is 1. The van der Waals surface area contributed by atoms with Gasteiger partial charge in [0.1, 0.15) is 0 Å². The summed E-state index contributed by atoms with van der Waals surface area (Å²) in [6.45, 7) is 0. The van der Waals surface area contributed by atoms with Crippen LogP contribution in [0.1, 0.15) is 10.4 Å². The van der Waals surface area contributed by atoms with Crippen molar-refractivity contribution in [3.8, 4) is 0 Å².